The standard InChI is InChI=1S/C16H23BrN2O/c1-10-8-14(9-11(2)15(10)17)18-12(3)16(20)19-13-6-4-5-7-13/h8-9,12-13,18H,4-7H2,1-3H3,(H,19,20). The largest absolute Gasteiger partial charge is 0.374 e. The number of carbonyl (C=O) groups excluding carboxylic acids is 1. The van der Waals surface area contributed by atoms with Gasteiger partial charge in [0.1, 0.15) is 6.04 Å². The highest BCUT2D eigenvalue weighted by molar-refractivity contribution is 9.10. The van der Waals surface area contributed by atoms with E-state index in [-0.39, 0.29) is 11.9 Å². The van der Waals surface area contributed by atoms with Crippen LogP contribution in [-0.4, -0.2) is 18.0 Å². The fourth-order valence-corrected chi connectivity index (χ4v) is 2.97. The van der Waals surface area contributed by atoms with Gasteiger partial charge in [-0.2, -0.15) is 0 Å². The molecule has 2 N–H and O–H groups in total. The molecule has 1 atom stereocenters. The van der Waals surface area contributed by atoms with Gasteiger partial charge in [0.15, 0.2) is 0 Å². The topological polar surface area (TPSA) is 41.1 Å². The van der Waals surface area contributed by atoms with E-state index in [4.69, 9.17) is 0 Å². The second kappa shape index (κ2) is 6.61. The Morgan fingerprint density at radius 1 is 1.25 bits per heavy atom. The lowest BCUT2D eigenvalue weighted by Crippen LogP contribution is -2.42. The van der Waals surface area contributed by atoms with E-state index >= 15 is 0 Å². The van der Waals surface area contributed by atoms with Crippen LogP contribution in [-0.2, 0) is 4.79 Å². The zero-order valence-corrected chi connectivity index (χ0v) is 14.0. The Morgan fingerprint density at radius 2 is 1.80 bits per heavy atom. The minimum atomic E-state index is -0.212. The van der Waals surface area contributed by atoms with Gasteiger partial charge in [-0.05, 0) is 56.9 Å². The molecule has 1 aliphatic rings. The van der Waals surface area contributed by atoms with Crippen LogP contribution in [0.3, 0.4) is 0 Å². The molecule has 0 saturated heterocycles. The SMILES string of the molecule is Cc1cc(NC(C)C(=O)NC2CCCC2)cc(C)c1Br. The minimum absolute atomic E-state index is 0.0927. The van der Waals surface area contributed by atoms with Crippen LogP contribution in [0, 0.1) is 13.8 Å². The minimum Gasteiger partial charge on any atom is -0.374 e. The van der Waals surface area contributed by atoms with Gasteiger partial charge in [0.25, 0.3) is 0 Å². The summed E-state index contributed by atoms with van der Waals surface area (Å²) in [5.41, 5.74) is 3.35. The highest BCUT2D eigenvalue weighted by Gasteiger charge is 2.20. The Kier molecular flexibility index (Phi) is 5.08. The van der Waals surface area contributed by atoms with E-state index < -0.39 is 0 Å². The van der Waals surface area contributed by atoms with Crippen molar-refractivity contribution in [3.63, 3.8) is 0 Å². The smallest absolute Gasteiger partial charge is 0.242 e. The Balaban J connectivity index is 1.96. The zero-order chi connectivity index (χ0) is 14.7. The molecular formula is C16H23BrN2O. The number of hydrogen-bond donors (Lipinski definition) is 2. The van der Waals surface area contributed by atoms with E-state index in [0.29, 0.717) is 6.04 Å². The van der Waals surface area contributed by atoms with Gasteiger partial charge in [-0.25, -0.2) is 0 Å². The molecule has 1 fully saturated rings. The summed E-state index contributed by atoms with van der Waals surface area (Å²) >= 11 is 3.56. The number of carbonyl (C=O) groups is 1. The number of halogens is 1. The Labute approximate surface area is 129 Å². The molecule has 110 valence electrons. The van der Waals surface area contributed by atoms with Crippen molar-refractivity contribution in [2.75, 3.05) is 5.32 Å². The van der Waals surface area contributed by atoms with Crippen molar-refractivity contribution < 1.29 is 4.79 Å². The summed E-state index contributed by atoms with van der Waals surface area (Å²) in [5.74, 6) is 0.0927. The van der Waals surface area contributed by atoms with Crippen LogP contribution in [0.25, 0.3) is 0 Å². The number of rotatable bonds is 4. The average molecular weight is 339 g/mol. The summed E-state index contributed by atoms with van der Waals surface area (Å²) in [7, 11) is 0. The molecule has 3 nitrogen and oxygen atoms in total. The number of benzene rings is 1. The predicted molar refractivity (Wildman–Crippen MR) is 87.1 cm³/mol. The van der Waals surface area contributed by atoms with Crippen molar-refractivity contribution in [3.05, 3.63) is 27.7 Å². The molecule has 0 aliphatic heterocycles. The van der Waals surface area contributed by atoms with Crippen molar-refractivity contribution in [2.45, 2.75) is 58.5 Å². The molecule has 1 amide bonds. The highest BCUT2D eigenvalue weighted by atomic mass is 79.9. The summed E-state index contributed by atoms with van der Waals surface area (Å²) in [5, 5.41) is 6.42. The molecule has 1 unspecified atom stereocenters. The van der Waals surface area contributed by atoms with Crippen LogP contribution < -0.4 is 10.6 Å². The lowest BCUT2D eigenvalue weighted by atomic mass is 10.1. The van der Waals surface area contributed by atoms with Gasteiger partial charge < -0.3 is 10.6 Å². The third kappa shape index (κ3) is 3.75. The van der Waals surface area contributed by atoms with Gasteiger partial charge in [0, 0.05) is 16.2 Å². The van der Waals surface area contributed by atoms with Crippen LogP contribution >= 0.6 is 15.9 Å². The van der Waals surface area contributed by atoms with Gasteiger partial charge in [0.2, 0.25) is 5.91 Å². The summed E-state index contributed by atoms with van der Waals surface area (Å²) < 4.78 is 1.13. The molecule has 1 aromatic carbocycles. The van der Waals surface area contributed by atoms with E-state index in [1.807, 2.05) is 6.92 Å². The molecule has 0 spiro atoms. The fourth-order valence-electron chi connectivity index (χ4n) is 2.74. The number of nitrogens with one attached hydrogen (secondary N) is 2. The first-order valence-corrected chi connectivity index (χ1v) is 8.10. The van der Waals surface area contributed by atoms with Crippen molar-refractivity contribution in [3.8, 4) is 0 Å². The number of amides is 1. The molecule has 4 heteroatoms. The highest BCUT2D eigenvalue weighted by Crippen LogP contribution is 2.25. The first kappa shape index (κ1) is 15.4. The Hall–Kier alpha value is -1.03. The molecule has 0 radical (unpaired) electrons. The molecule has 0 bridgehead atoms. The molecule has 2 rings (SSSR count). The molecular weight excluding hydrogens is 316 g/mol. The Morgan fingerprint density at radius 3 is 2.35 bits per heavy atom. The fraction of sp³-hybridized carbons (Fsp3) is 0.562. The van der Waals surface area contributed by atoms with E-state index in [0.717, 1.165) is 23.0 Å². The maximum atomic E-state index is 12.2. The quantitative estimate of drug-likeness (QED) is 0.873. The molecule has 1 saturated carbocycles. The van der Waals surface area contributed by atoms with E-state index in [9.17, 15) is 4.79 Å². The van der Waals surface area contributed by atoms with Crippen molar-refractivity contribution >= 4 is 27.5 Å². The number of anilines is 1. The van der Waals surface area contributed by atoms with E-state index in [2.05, 4.69) is 52.5 Å². The second-order valence-corrected chi connectivity index (χ2v) is 6.57. The van der Waals surface area contributed by atoms with Crippen LogP contribution in [0.5, 0.6) is 0 Å². The molecule has 20 heavy (non-hydrogen) atoms. The van der Waals surface area contributed by atoms with Crippen molar-refractivity contribution in [1.82, 2.24) is 5.32 Å². The van der Waals surface area contributed by atoms with Gasteiger partial charge in [-0.3, -0.25) is 4.79 Å². The van der Waals surface area contributed by atoms with Gasteiger partial charge in [-0.15, -0.1) is 0 Å². The molecule has 1 aliphatic carbocycles. The van der Waals surface area contributed by atoms with Crippen LogP contribution in [0.1, 0.15) is 43.7 Å². The maximum absolute atomic E-state index is 12.2. The monoisotopic (exact) mass is 338 g/mol. The molecule has 0 heterocycles. The second-order valence-electron chi connectivity index (χ2n) is 5.78. The van der Waals surface area contributed by atoms with Gasteiger partial charge in [0.05, 0.1) is 0 Å². The molecule has 1 aromatic rings. The van der Waals surface area contributed by atoms with Crippen molar-refractivity contribution in [1.29, 1.82) is 0 Å². The van der Waals surface area contributed by atoms with Crippen LogP contribution in [0.4, 0.5) is 5.69 Å². The van der Waals surface area contributed by atoms with E-state index in [1.54, 1.807) is 0 Å². The van der Waals surface area contributed by atoms with E-state index in [1.165, 1.54) is 24.0 Å². The lowest BCUT2D eigenvalue weighted by Gasteiger charge is -2.19. The third-order valence-corrected chi connectivity index (χ3v) is 5.17. The first-order valence-electron chi connectivity index (χ1n) is 7.31. The predicted octanol–water partition coefficient (Wildman–Crippen LogP) is 3.93. The summed E-state index contributed by atoms with van der Waals surface area (Å²) in [4.78, 5) is 12.2. The van der Waals surface area contributed by atoms with Gasteiger partial charge in [-0.1, -0.05) is 28.8 Å². The summed E-state index contributed by atoms with van der Waals surface area (Å²) in [6.45, 7) is 6.04. The molecule has 0 aromatic heterocycles. The Bertz CT molecular complexity index is 472. The van der Waals surface area contributed by atoms with Crippen molar-refractivity contribution in [2.24, 2.45) is 0 Å². The number of aryl methyl sites for hydroxylation is 2. The van der Waals surface area contributed by atoms with Crippen LogP contribution in [0.15, 0.2) is 16.6 Å². The van der Waals surface area contributed by atoms with Gasteiger partial charge >= 0.3 is 0 Å². The number of hydrogen-bond acceptors (Lipinski definition) is 2. The summed E-state index contributed by atoms with van der Waals surface area (Å²) in [6.07, 6.45) is 4.71. The third-order valence-electron chi connectivity index (χ3n) is 3.91. The normalized spacial score (nSPS) is 17.0. The average Bonchev–Trinajstić information content (AvgIpc) is 2.88. The van der Waals surface area contributed by atoms with Crippen LogP contribution in [0.2, 0.25) is 0 Å². The lowest BCUT2D eigenvalue weighted by molar-refractivity contribution is -0.122. The maximum Gasteiger partial charge on any atom is 0.242 e. The summed E-state index contributed by atoms with van der Waals surface area (Å²) in [6, 6.07) is 4.29. The zero-order valence-electron chi connectivity index (χ0n) is 12.4. The first-order chi connectivity index (χ1) is 9.47.